The Hall–Kier alpha value is -1.14. The summed E-state index contributed by atoms with van der Waals surface area (Å²) in [5, 5.41) is 14.8. The van der Waals surface area contributed by atoms with Gasteiger partial charge in [0.1, 0.15) is 6.61 Å². The van der Waals surface area contributed by atoms with Crippen molar-refractivity contribution in [1.29, 1.82) is 0 Å². The molecule has 2 aliphatic rings. The smallest absolute Gasteiger partial charge is 0.246 e. The molecule has 1 saturated carbocycles. The molecular formula is C13H22N2O4. The van der Waals surface area contributed by atoms with E-state index in [1.54, 1.807) is 0 Å². The molecule has 0 aromatic rings. The van der Waals surface area contributed by atoms with E-state index >= 15 is 0 Å². The lowest BCUT2D eigenvalue weighted by molar-refractivity contribution is -0.129. The zero-order valence-corrected chi connectivity index (χ0v) is 11.1. The van der Waals surface area contributed by atoms with Gasteiger partial charge in [-0.25, -0.2) is 0 Å². The lowest BCUT2D eigenvalue weighted by atomic mass is 9.96. The fraction of sp³-hybridized carbons (Fsp3) is 0.846. The van der Waals surface area contributed by atoms with E-state index < -0.39 is 0 Å². The predicted octanol–water partition coefficient (Wildman–Crippen LogP) is 1.07. The maximum Gasteiger partial charge on any atom is 0.246 e. The number of carbonyl (C=O) groups excluding carboxylic acids is 1. The average molecular weight is 270 g/mol. The Bertz CT molecular complexity index is 317. The van der Waals surface area contributed by atoms with Gasteiger partial charge in [0.15, 0.2) is 0 Å². The predicted molar refractivity (Wildman–Crippen MR) is 69.4 cm³/mol. The number of oxime groups is 1. The quantitative estimate of drug-likeness (QED) is 0.591. The summed E-state index contributed by atoms with van der Waals surface area (Å²) < 4.78 is 10.8. The molecule has 1 heterocycles. The lowest BCUT2D eigenvalue weighted by Gasteiger charge is -2.25. The number of amides is 1. The van der Waals surface area contributed by atoms with Gasteiger partial charge in [0, 0.05) is 19.3 Å². The molecule has 6 nitrogen and oxygen atoms in total. The minimum atomic E-state index is -0.0477. The summed E-state index contributed by atoms with van der Waals surface area (Å²) in [6.45, 7) is 1.56. The summed E-state index contributed by atoms with van der Waals surface area (Å²) in [6.07, 6.45) is 5.02. The van der Waals surface area contributed by atoms with E-state index in [4.69, 9.17) is 14.7 Å². The Kier molecular flexibility index (Phi) is 5.60. The first kappa shape index (κ1) is 14.3. The third-order valence-electron chi connectivity index (χ3n) is 3.69. The molecule has 1 aliphatic heterocycles. The van der Waals surface area contributed by atoms with E-state index in [1.165, 1.54) is 0 Å². The van der Waals surface area contributed by atoms with Crippen LogP contribution in [0.2, 0.25) is 0 Å². The van der Waals surface area contributed by atoms with Crippen molar-refractivity contribution in [3.05, 3.63) is 0 Å². The van der Waals surface area contributed by atoms with E-state index in [0.29, 0.717) is 0 Å². The standard InChI is InChI=1S/C13H22N2O4/c16-13(14-10-5-7-18-8-6-10)9-19-12-3-1-11(15-17)2-4-12/h10,12,17H,1-9H2,(H,14,16). The maximum atomic E-state index is 11.7. The van der Waals surface area contributed by atoms with Gasteiger partial charge < -0.3 is 20.0 Å². The number of ether oxygens (including phenoxy) is 2. The number of hydrogen-bond donors (Lipinski definition) is 2. The first-order valence-electron chi connectivity index (χ1n) is 6.96. The largest absolute Gasteiger partial charge is 0.411 e. The summed E-state index contributed by atoms with van der Waals surface area (Å²) in [6, 6.07) is 0.226. The third-order valence-corrected chi connectivity index (χ3v) is 3.69. The summed E-state index contributed by atoms with van der Waals surface area (Å²) in [4.78, 5) is 11.7. The van der Waals surface area contributed by atoms with Crippen molar-refractivity contribution in [3.63, 3.8) is 0 Å². The first-order valence-corrected chi connectivity index (χ1v) is 6.96. The average Bonchev–Trinajstić information content (AvgIpc) is 2.47. The van der Waals surface area contributed by atoms with Crippen LogP contribution in [0.5, 0.6) is 0 Å². The molecule has 108 valence electrons. The van der Waals surface area contributed by atoms with Crippen LogP contribution in [0.4, 0.5) is 0 Å². The summed E-state index contributed by atoms with van der Waals surface area (Å²) in [7, 11) is 0. The van der Waals surface area contributed by atoms with Crippen molar-refractivity contribution in [2.75, 3.05) is 19.8 Å². The van der Waals surface area contributed by atoms with Gasteiger partial charge in [-0.1, -0.05) is 5.16 Å². The minimum absolute atomic E-state index is 0.0477. The van der Waals surface area contributed by atoms with Crippen LogP contribution in [-0.2, 0) is 14.3 Å². The second-order valence-electron chi connectivity index (χ2n) is 5.13. The highest BCUT2D eigenvalue weighted by molar-refractivity contribution is 5.84. The second-order valence-corrected chi connectivity index (χ2v) is 5.13. The molecule has 6 heteroatoms. The normalized spacial score (nSPS) is 25.1. The number of rotatable bonds is 4. The van der Waals surface area contributed by atoms with E-state index in [0.717, 1.165) is 57.5 Å². The van der Waals surface area contributed by atoms with Gasteiger partial charge in [-0.05, 0) is 38.5 Å². The highest BCUT2D eigenvalue weighted by Gasteiger charge is 2.20. The molecule has 1 amide bonds. The Morgan fingerprint density at radius 1 is 1.32 bits per heavy atom. The molecule has 0 aromatic heterocycles. The summed E-state index contributed by atoms with van der Waals surface area (Å²) in [5.41, 5.74) is 0.825. The van der Waals surface area contributed by atoms with Crippen LogP contribution < -0.4 is 5.32 Å². The molecule has 19 heavy (non-hydrogen) atoms. The van der Waals surface area contributed by atoms with Crippen LogP contribution in [0.15, 0.2) is 5.16 Å². The van der Waals surface area contributed by atoms with Gasteiger partial charge in [-0.3, -0.25) is 4.79 Å². The molecule has 0 bridgehead atoms. The van der Waals surface area contributed by atoms with Gasteiger partial charge in [0.05, 0.1) is 11.8 Å². The monoisotopic (exact) mass is 270 g/mol. The number of nitrogens with zero attached hydrogens (tertiary/aromatic N) is 1. The SMILES string of the molecule is O=C(COC1CCC(=NO)CC1)NC1CCOCC1. The number of nitrogens with one attached hydrogen (secondary N) is 1. The molecule has 0 aromatic carbocycles. The zero-order chi connectivity index (χ0) is 13.5. The van der Waals surface area contributed by atoms with Crippen LogP contribution in [-0.4, -0.2) is 48.8 Å². The van der Waals surface area contributed by atoms with E-state index in [2.05, 4.69) is 10.5 Å². The molecule has 0 spiro atoms. The molecular weight excluding hydrogens is 248 g/mol. The van der Waals surface area contributed by atoms with Crippen molar-refractivity contribution in [1.82, 2.24) is 5.32 Å². The van der Waals surface area contributed by atoms with Crippen LogP contribution in [0, 0.1) is 0 Å². The van der Waals surface area contributed by atoms with Gasteiger partial charge >= 0.3 is 0 Å². The Morgan fingerprint density at radius 2 is 2.00 bits per heavy atom. The molecule has 1 aliphatic carbocycles. The Labute approximate surface area is 113 Å². The molecule has 2 rings (SSSR count). The maximum absolute atomic E-state index is 11.7. The van der Waals surface area contributed by atoms with Crippen LogP contribution in [0.25, 0.3) is 0 Å². The van der Waals surface area contributed by atoms with E-state index in [-0.39, 0.29) is 24.7 Å². The van der Waals surface area contributed by atoms with Crippen LogP contribution >= 0.6 is 0 Å². The lowest BCUT2D eigenvalue weighted by Crippen LogP contribution is -2.41. The molecule has 1 saturated heterocycles. The van der Waals surface area contributed by atoms with E-state index in [1.807, 2.05) is 0 Å². The topological polar surface area (TPSA) is 80.2 Å². The molecule has 0 atom stereocenters. The molecule has 2 fully saturated rings. The molecule has 2 N–H and O–H groups in total. The Morgan fingerprint density at radius 3 is 2.63 bits per heavy atom. The fourth-order valence-electron chi connectivity index (χ4n) is 2.50. The van der Waals surface area contributed by atoms with Crippen LogP contribution in [0.1, 0.15) is 38.5 Å². The van der Waals surface area contributed by atoms with E-state index in [9.17, 15) is 4.79 Å². The Balaban J connectivity index is 1.61. The second kappa shape index (κ2) is 7.45. The minimum Gasteiger partial charge on any atom is -0.411 e. The number of hydrogen-bond acceptors (Lipinski definition) is 5. The van der Waals surface area contributed by atoms with Gasteiger partial charge in [-0.15, -0.1) is 0 Å². The summed E-state index contributed by atoms with van der Waals surface area (Å²) >= 11 is 0. The molecule has 0 radical (unpaired) electrons. The van der Waals surface area contributed by atoms with Crippen molar-refractivity contribution in [3.8, 4) is 0 Å². The van der Waals surface area contributed by atoms with Crippen molar-refractivity contribution in [2.24, 2.45) is 5.16 Å². The highest BCUT2D eigenvalue weighted by Crippen LogP contribution is 2.18. The van der Waals surface area contributed by atoms with Crippen LogP contribution in [0.3, 0.4) is 0 Å². The van der Waals surface area contributed by atoms with Gasteiger partial charge in [0.2, 0.25) is 5.91 Å². The first-order chi connectivity index (χ1) is 9.28. The number of carbonyl (C=O) groups is 1. The molecule has 0 unspecified atom stereocenters. The highest BCUT2D eigenvalue weighted by atomic mass is 16.5. The van der Waals surface area contributed by atoms with Gasteiger partial charge in [-0.2, -0.15) is 0 Å². The fourth-order valence-corrected chi connectivity index (χ4v) is 2.50. The van der Waals surface area contributed by atoms with Crippen molar-refractivity contribution >= 4 is 11.6 Å². The van der Waals surface area contributed by atoms with Gasteiger partial charge in [0.25, 0.3) is 0 Å². The van der Waals surface area contributed by atoms with Crippen molar-refractivity contribution < 1.29 is 19.5 Å². The zero-order valence-electron chi connectivity index (χ0n) is 11.1. The van der Waals surface area contributed by atoms with Crippen molar-refractivity contribution in [2.45, 2.75) is 50.7 Å². The summed E-state index contributed by atoms with van der Waals surface area (Å²) in [5.74, 6) is -0.0477. The third kappa shape index (κ3) is 4.80.